The van der Waals surface area contributed by atoms with Gasteiger partial charge in [-0.25, -0.2) is 4.68 Å². The number of nitrogens with one attached hydrogen (secondary N) is 1. The minimum absolute atomic E-state index is 0.141. The van der Waals surface area contributed by atoms with Gasteiger partial charge in [-0.05, 0) is 86.1 Å². The van der Waals surface area contributed by atoms with Gasteiger partial charge in [0.2, 0.25) is 0 Å². The standard InChI is InChI=1S/C29H37N7O3/c1-6-29(3,4)36-27(31-32-33-36)26(24-19-20-18-23(39-7-2)12-13-25(20)30-28(24)37)35-16-14-34(15-17-35)21-8-10-22(38-5)11-9-21/h8-13,18-19,26H,6-7,14-17H2,1-5H3,(H,30,37)/t26-/m0/s1. The van der Waals surface area contributed by atoms with E-state index in [1.807, 2.05) is 48.0 Å². The molecule has 5 rings (SSSR count). The Morgan fingerprint density at radius 1 is 1.00 bits per heavy atom. The molecule has 0 amide bonds. The van der Waals surface area contributed by atoms with Crippen molar-refractivity contribution in [2.75, 3.05) is 44.8 Å². The molecule has 0 aliphatic carbocycles. The summed E-state index contributed by atoms with van der Waals surface area (Å²) in [6, 6.07) is 15.4. The van der Waals surface area contributed by atoms with Crippen LogP contribution in [0.4, 0.5) is 5.69 Å². The fourth-order valence-corrected chi connectivity index (χ4v) is 5.14. The molecule has 0 unspecified atom stereocenters. The van der Waals surface area contributed by atoms with E-state index in [4.69, 9.17) is 9.47 Å². The fourth-order valence-electron chi connectivity index (χ4n) is 5.14. The molecule has 10 nitrogen and oxygen atoms in total. The average Bonchev–Trinajstić information content (AvgIpc) is 3.45. The number of pyridine rings is 1. The largest absolute Gasteiger partial charge is 0.497 e. The van der Waals surface area contributed by atoms with E-state index in [-0.39, 0.29) is 11.1 Å². The smallest absolute Gasteiger partial charge is 0.253 e. The number of anilines is 1. The maximum Gasteiger partial charge on any atom is 0.253 e. The van der Waals surface area contributed by atoms with Gasteiger partial charge in [-0.1, -0.05) is 6.92 Å². The predicted octanol–water partition coefficient (Wildman–Crippen LogP) is 3.98. The van der Waals surface area contributed by atoms with Gasteiger partial charge in [-0.3, -0.25) is 9.69 Å². The van der Waals surface area contributed by atoms with Crippen molar-refractivity contribution in [3.05, 3.63) is 70.3 Å². The normalized spacial score (nSPS) is 15.5. The van der Waals surface area contributed by atoms with Crippen molar-refractivity contribution in [1.29, 1.82) is 0 Å². The number of hydrogen-bond acceptors (Lipinski definition) is 8. The van der Waals surface area contributed by atoms with E-state index in [9.17, 15) is 4.79 Å². The average molecular weight is 532 g/mol. The highest BCUT2D eigenvalue weighted by Crippen LogP contribution is 2.32. The summed E-state index contributed by atoms with van der Waals surface area (Å²) < 4.78 is 12.9. The van der Waals surface area contributed by atoms with Crippen LogP contribution < -0.4 is 19.9 Å². The number of methoxy groups -OCH3 is 1. The minimum Gasteiger partial charge on any atom is -0.497 e. The van der Waals surface area contributed by atoms with E-state index in [0.717, 1.165) is 60.7 Å². The molecule has 1 aliphatic heterocycles. The highest BCUT2D eigenvalue weighted by atomic mass is 16.5. The monoisotopic (exact) mass is 531 g/mol. The highest BCUT2D eigenvalue weighted by molar-refractivity contribution is 5.80. The number of H-pyrrole nitrogens is 1. The number of rotatable bonds is 9. The van der Waals surface area contributed by atoms with Crippen LogP contribution in [0.15, 0.2) is 53.3 Å². The van der Waals surface area contributed by atoms with E-state index in [0.29, 0.717) is 18.0 Å². The molecule has 1 fully saturated rings. The zero-order chi connectivity index (χ0) is 27.6. The molecule has 1 aliphatic rings. The van der Waals surface area contributed by atoms with Crippen molar-refractivity contribution in [3.63, 3.8) is 0 Å². The van der Waals surface area contributed by atoms with Crippen molar-refractivity contribution < 1.29 is 9.47 Å². The van der Waals surface area contributed by atoms with Gasteiger partial charge in [0.15, 0.2) is 5.82 Å². The second-order valence-electron chi connectivity index (χ2n) is 10.5. The third-order valence-corrected chi connectivity index (χ3v) is 7.74. The van der Waals surface area contributed by atoms with Crippen molar-refractivity contribution in [2.45, 2.75) is 45.7 Å². The lowest BCUT2D eigenvalue weighted by Crippen LogP contribution is -2.49. The summed E-state index contributed by atoms with van der Waals surface area (Å²) in [6.07, 6.45) is 0.842. The number of piperazine rings is 1. The van der Waals surface area contributed by atoms with Crippen LogP contribution >= 0.6 is 0 Å². The van der Waals surface area contributed by atoms with Gasteiger partial charge in [0.1, 0.15) is 17.5 Å². The summed E-state index contributed by atoms with van der Waals surface area (Å²) in [7, 11) is 1.67. The summed E-state index contributed by atoms with van der Waals surface area (Å²) in [5.74, 6) is 2.28. The Hall–Kier alpha value is -3.92. The Morgan fingerprint density at radius 3 is 2.38 bits per heavy atom. The molecule has 3 heterocycles. The van der Waals surface area contributed by atoms with Crippen molar-refractivity contribution in [1.82, 2.24) is 30.1 Å². The number of ether oxygens (including phenoxy) is 2. The number of benzene rings is 2. The quantitative estimate of drug-likeness (QED) is 0.346. The molecular weight excluding hydrogens is 494 g/mol. The Morgan fingerprint density at radius 2 is 1.72 bits per heavy atom. The lowest BCUT2D eigenvalue weighted by Gasteiger charge is -2.40. The first kappa shape index (κ1) is 26.7. The van der Waals surface area contributed by atoms with Gasteiger partial charge in [0.05, 0.1) is 19.3 Å². The zero-order valence-electron chi connectivity index (χ0n) is 23.3. The Balaban J connectivity index is 1.54. The van der Waals surface area contributed by atoms with E-state index in [1.165, 1.54) is 0 Å². The fraction of sp³-hybridized carbons (Fsp3) is 0.448. The minimum atomic E-state index is -0.409. The third-order valence-electron chi connectivity index (χ3n) is 7.74. The maximum atomic E-state index is 13.6. The molecule has 2 aromatic carbocycles. The molecule has 2 aromatic heterocycles. The van der Waals surface area contributed by atoms with Crippen LogP contribution in [0.2, 0.25) is 0 Å². The van der Waals surface area contributed by atoms with Gasteiger partial charge in [-0.15, -0.1) is 5.10 Å². The van der Waals surface area contributed by atoms with Crippen LogP contribution in [0.1, 0.15) is 51.5 Å². The van der Waals surface area contributed by atoms with E-state index in [2.05, 4.69) is 63.2 Å². The number of hydrogen-bond donors (Lipinski definition) is 1. The summed E-state index contributed by atoms with van der Waals surface area (Å²) in [5.41, 5.74) is 2.09. The summed E-state index contributed by atoms with van der Waals surface area (Å²) in [5, 5.41) is 13.9. The Kier molecular flexibility index (Phi) is 7.56. The molecule has 4 aromatic rings. The van der Waals surface area contributed by atoms with Crippen molar-refractivity contribution in [2.24, 2.45) is 0 Å². The summed E-state index contributed by atoms with van der Waals surface area (Å²) in [4.78, 5) is 21.3. The number of tetrazole rings is 1. The molecule has 0 saturated carbocycles. The number of nitrogens with zero attached hydrogens (tertiary/aromatic N) is 6. The lowest BCUT2D eigenvalue weighted by atomic mass is 9.98. The summed E-state index contributed by atoms with van der Waals surface area (Å²) >= 11 is 0. The van der Waals surface area contributed by atoms with Gasteiger partial charge in [0.25, 0.3) is 5.56 Å². The second-order valence-corrected chi connectivity index (χ2v) is 10.5. The molecule has 0 spiro atoms. The first-order chi connectivity index (χ1) is 18.8. The van der Waals surface area contributed by atoms with Gasteiger partial charge in [-0.2, -0.15) is 0 Å². The molecule has 0 radical (unpaired) electrons. The molecule has 10 heteroatoms. The second kappa shape index (κ2) is 11.1. The number of aromatic nitrogens is 5. The van der Waals surface area contributed by atoms with Crippen LogP contribution in [-0.2, 0) is 5.54 Å². The molecule has 39 heavy (non-hydrogen) atoms. The molecular formula is C29H37N7O3. The third kappa shape index (κ3) is 5.34. The zero-order valence-corrected chi connectivity index (χ0v) is 23.3. The summed E-state index contributed by atoms with van der Waals surface area (Å²) in [6.45, 7) is 12.0. The Labute approximate surface area is 228 Å². The molecule has 1 saturated heterocycles. The van der Waals surface area contributed by atoms with Crippen molar-refractivity contribution >= 4 is 16.6 Å². The van der Waals surface area contributed by atoms with Crippen LogP contribution in [0.25, 0.3) is 10.9 Å². The van der Waals surface area contributed by atoms with Crippen LogP contribution in [-0.4, -0.2) is 70.0 Å². The number of fused-ring (bicyclic) bond motifs is 1. The van der Waals surface area contributed by atoms with Crippen LogP contribution in [0.5, 0.6) is 11.5 Å². The topological polar surface area (TPSA) is 101 Å². The molecule has 0 bridgehead atoms. The van der Waals surface area contributed by atoms with E-state index >= 15 is 0 Å². The van der Waals surface area contributed by atoms with E-state index in [1.54, 1.807) is 7.11 Å². The molecule has 206 valence electrons. The lowest BCUT2D eigenvalue weighted by molar-refractivity contribution is 0.186. The Bertz CT molecular complexity index is 1470. The molecule has 1 N–H and O–H groups in total. The van der Waals surface area contributed by atoms with E-state index < -0.39 is 6.04 Å². The number of aromatic amines is 1. The van der Waals surface area contributed by atoms with Gasteiger partial charge in [0, 0.05) is 48.3 Å². The van der Waals surface area contributed by atoms with Crippen molar-refractivity contribution in [3.8, 4) is 11.5 Å². The van der Waals surface area contributed by atoms with Gasteiger partial charge >= 0.3 is 0 Å². The predicted molar refractivity (Wildman–Crippen MR) is 152 cm³/mol. The van der Waals surface area contributed by atoms with Crippen LogP contribution in [0.3, 0.4) is 0 Å². The molecule has 1 atom stereocenters. The van der Waals surface area contributed by atoms with Gasteiger partial charge < -0.3 is 19.4 Å². The first-order valence-corrected chi connectivity index (χ1v) is 13.6. The SMILES string of the molecule is CCOc1ccc2[nH]c(=O)c([C@@H](c3nnnn3C(C)(C)CC)N3CCN(c4ccc(OC)cc4)CC3)cc2c1. The maximum absolute atomic E-state index is 13.6. The first-order valence-electron chi connectivity index (χ1n) is 13.6. The highest BCUT2D eigenvalue weighted by Gasteiger charge is 2.35. The van der Waals surface area contributed by atoms with Crippen LogP contribution in [0, 0.1) is 0 Å².